The fourth-order valence-electron chi connectivity index (χ4n) is 1.77. The first kappa shape index (κ1) is 20.6. The topological polar surface area (TPSA) is 84.5 Å². The number of halogens is 2. The van der Waals surface area contributed by atoms with Crippen molar-refractivity contribution in [3.05, 3.63) is 33.8 Å². The van der Waals surface area contributed by atoms with E-state index in [-0.39, 0.29) is 17.1 Å². The van der Waals surface area contributed by atoms with Crippen LogP contribution in [0, 0.1) is 0 Å². The van der Waals surface area contributed by atoms with Gasteiger partial charge in [-0.2, -0.15) is 11.8 Å². The Morgan fingerprint density at radius 2 is 1.96 bits per heavy atom. The molecule has 9 heteroatoms. The van der Waals surface area contributed by atoms with E-state index >= 15 is 0 Å². The zero-order valence-corrected chi connectivity index (χ0v) is 15.6. The summed E-state index contributed by atoms with van der Waals surface area (Å²) < 4.78 is 4.65. The third-order valence-corrected chi connectivity index (χ3v) is 4.41. The predicted octanol–water partition coefficient (Wildman–Crippen LogP) is 2.13. The van der Waals surface area contributed by atoms with Gasteiger partial charge in [0.25, 0.3) is 5.91 Å². The second-order valence-corrected chi connectivity index (χ2v) is 6.54. The van der Waals surface area contributed by atoms with Crippen molar-refractivity contribution in [1.29, 1.82) is 0 Å². The lowest BCUT2D eigenvalue weighted by Crippen LogP contribution is -2.46. The molecule has 2 N–H and O–H groups in total. The maximum atomic E-state index is 12.0. The molecule has 0 aliphatic carbocycles. The molecule has 0 saturated heterocycles. The summed E-state index contributed by atoms with van der Waals surface area (Å²) in [5.41, 5.74) is 0.282. The maximum absolute atomic E-state index is 12.0. The molecular weight excluding hydrogens is 375 g/mol. The average molecular weight is 393 g/mol. The number of carbonyl (C=O) groups is 3. The standard InChI is InChI=1S/C15H18Cl2N2O4S/c1-23-15(22)12(5-6-24-2)19-13(20)8-18-14(21)9-3-4-10(16)11(17)7-9/h3-4,7,12H,5-6,8H2,1-2H3,(H,18,21)(H,19,20)/t12-/m0/s1. The number of esters is 1. The van der Waals surface area contributed by atoms with Crippen LogP contribution in [0.3, 0.4) is 0 Å². The molecule has 6 nitrogen and oxygen atoms in total. The van der Waals surface area contributed by atoms with Gasteiger partial charge < -0.3 is 15.4 Å². The first-order valence-corrected chi connectivity index (χ1v) is 9.13. The molecular formula is C15H18Cl2N2O4S. The Kier molecular flexibility index (Phi) is 8.95. The van der Waals surface area contributed by atoms with Gasteiger partial charge in [0.1, 0.15) is 6.04 Å². The number of hydrogen-bond acceptors (Lipinski definition) is 5. The highest BCUT2D eigenvalue weighted by Gasteiger charge is 2.21. The van der Waals surface area contributed by atoms with Gasteiger partial charge in [0.15, 0.2) is 0 Å². The highest BCUT2D eigenvalue weighted by Crippen LogP contribution is 2.22. The largest absolute Gasteiger partial charge is 0.467 e. The number of carbonyl (C=O) groups excluding carboxylic acids is 3. The van der Waals surface area contributed by atoms with E-state index in [1.807, 2.05) is 6.26 Å². The van der Waals surface area contributed by atoms with Gasteiger partial charge in [-0.15, -0.1) is 0 Å². The Bertz CT molecular complexity index is 613. The van der Waals surface area contributed by atoms with Crippen molar-refractivity contribution >= 4 is 52.7 Å². The Hall–Kier alpha value is -1.44. The summed E-state index contributed by atoms with van der Waals surface area (Å²) in [6.07, 6.45) is 2.34. The summed E-state index contributed by atoms with van der Waals surface area (Å²) in [7, 11) is 1.26. The summed E-state index contributed by atoms with van der Waals surface area (Å²) in [5, 5.41) is 5.58. The molecule has 24 heavy (non-hydrogen) atoms. The van der Waals surface area contributed by atoms with Crippen molar-refractivity contribution in [3.63, 3.8) is 0 Å². The van der Waals surface area contributed by atoms with Gasteiger partial charge in [-0.3, -0.25) is 9.59 Å². The van der Waals surface area contributed by atoms with Crippen molar-refractivity contribution in [1.82, 2.24) is 10.6 Å². The Balaban J connectivity index is 2.55. The molecule has 0 radical (unpaired) electrons. The molecule has 0 aliphatic rings. The fraction of sp³-hybridized carbons (Fsp3) is 0.400. The minimum atomic E-state index is -0.739. The monoisotopic (exact) mass is 392 g/mol. The van der Waals surface area contributed by atoms with Crippen LogP contribution in [0.4, 0.5) is 0 Å². The quantitative estimate of drug-likeness (QED) is 0.661. The average Bonchev–Trinajstić information content (AvgIpc) is 2.58. The van der Waals surface area contributed by atoms with Crippen LogP contribution in [0.15, 0.2) is 18.2 Å². The highest BCUT2D eigenvalue weighted by atomic mass is 35.5. The smallest absolute Gasteiger partial charge is 0.328 e. The normalized spacial score (nSPS) is 11.5. The van der Waals surface area contributed by atoms with Crippen molar-refractivity contribution in [2.24, 2.45) is 0 Å². The molecule has 1 rings (SSSR count). The number of amides is 2. The van der Waals surface area contributed by atoms with Crippen molar-refractivity contribution in [3.8, 4) is 0 Å². The Morgan fingerprint density at radius 3 is 2.54 bits per heavy atom. The van der Waals surface area contributed by atoms with Gasteiger partial charge >= 0.3 is 5.97 Å². The summed E-state index contributed by atoms with van der Waals surface area (Å²) in [6, 6.07) is 3.66. The summed E-state index contributed by atoms with van der Waals surface area (Å²) in [5.74, 6) is -0.786. The van der Waals surface area contributed by atoms with E-state index < -0.39 is 23.8 Å². The van der Waals surface area contributed by atoms with Crippen LogP contribution in [0.5, 0.6) is 0 Å². The number of benzene rings is 1. The van der Waals surface area contributed by atoms with E-state index in [4.69, 9.17) is 23.2 Å². The van der Waals surface area contributed by atoms with E-state index in [0.717, 1.165) is 0 Å². The molecule has 1 aromatic carbocycles. The van der Waals surface area contributed by atoms with Gasteiger partial charge in [-0.25, -0.2) is 4.79 Å². The molecule has 0 aliphatic heterocycles. The van der Waals surface area contributed by atoms with E-state index in [9.17, 15) is 14.4 Å². The van der Waals surface area contributed by atoms with Crippen LogP contribution >= 0.6 is 35.0 Å². The second-order valence-electron chi connectivity index (χ2n) is 4.74. The number of methoxy groups -OCH3 is 1. The first-order valence-electron chi connectivity index (χ1n) is 6.98. The first-order chi connectivity index (χ1) is 11.4. The number of hydrogen-bond donors (Lipinski definition) is 2. The minimum absolute atomic E-state index is 0.247. The maximum Gasteiger partial charge on any atom is 0.328 e. The van der Waals surface area contributed by atoms with Crippen LogP contribution in [0.2, 0.25) is 10.0 Å². The Labute approximate surface area is 154 Å². The van der Waals surface area contributed by atoms with Crippen LogP contribution < -0.4 is 10.6 Å². The van der Waals surface area contributed by atoms with Gasteiger partial charge in [0.2, 0.25) is 5.91 Å². The van der Waals surface area contributed by atoms with Crippen molar-refractivity contribution < 1.29 is 19.1 Å². The minimum Gasteiger partial charge on any atom is -0.467 e. The van der Waals surface area contributed by atoms with Gasteiger partial charge in [-0.1, -0.05) is 23.2 Å². The highest BCUT2D eigenvalue weighted by molar-refractivity contribution is 7.98. The fourth-order valence-corrected chi connectivity index (χ4v) is 2.54. The van der Waals surface area contributed by atoms with E-state index in [2.05, 4.69) is 15.4 Å². The lowest BCUT2D eigenvalue weighted by molar-refractivity contribution is -0.145. The van der Waals surface area contributed by atoms with Crippen LogP contribution in [0.1, 0.15) is 16.8 Å². The number of thioether (sulfide) groups is 1. The van der Waals surface area contributed by atoms with Gasteiger partial charge in [-0.05, 0) is 36.6 Å². The van der Waals surface area contributed by atoms with E-state index in [1.54, 1.807) is 11.8 Å². The molecule has 2 amide bonds. The molecule has 0 heterocycles. The lowest BCUT2D eigenvalue weighted by Gasteiger charge is -2.16. The SMILES string of the molecule is COC(=O)[C@H](CCSC)NC(=O)CNC(=O)c1ccc(Cl)c(Cl)c1. The second kappa shape index (κ2) is 10.4. The summed E-state index contributed by atoms with van der Waals surface area (Å²) in [6.45, 7) is -0.272. The third kappa shape index (κ3) is 6.59. The number of rotatable bonds is 8. The number of nitrogens with one attached hydrogen (secondary N) is 2. The summed E-state index contributed by atoms with van der Waals surface area (Å²) >= 11 is 13.2. The zero-order valence-electron chi connectivity index (χ0n) is 13.2. The molecule has 0 fully saturated rings. The molecule has 0 bridgehead atoms. The third-order valence-electron chi connectivity index (χ3n) is 3.02. The predicted molar refractivity (Wildman–Crippen MR) is 95.7 cm³/mol. The van der Waals surface area contributed by atoms with Crippen molar-refractivity contribution in [2.45, 2.75) is 12.5 Å². The molecule has 0 spiro atoms. The van der Waals surface area contributed by atoms with Crippen LogP contribution in [-0.4, -0.2) is 49.5 Å². The lowest BCUT2D eigenvalue weighted by atomic mass is 10.2. The van der Waals surface area contributed by atoms with Crippen LogP contribution in [-0.2, 0) is 14.3 Å². The molecule has 0 unspecified atom stereocenters. The number of ether oxygens (including phenoxy) is 1. The Morgan fingerprint density at radius 1 is 1.25 bits per heavy atom. The molecule has 132 valence electrons. The van der Waals surface area contributed by atoms with Gasteiger partial charge in [0, 0.05) is 5.56 Å². The van der Waals surface area contributed by atoms with Crippen LogP contribution in [0.25, 0.3) is 0 Å². The van der Waals surface area contributed by atoms with Crippen molar-refractivity contribution in [2.75, 3.05) is 25.7 Å². The molecule has 0 saturated carbocycles. The molecule has 0 aromatic heterocycles. The molecule has 1 aromatic rings. The van der Waals surface area contributed by atoms with E-state index in [0.29, 0.717) is 17.2 Å². The molecule has 1 atom stereocenters. The van der Waals surface area contributed by atoms with Gasteiger partial charge in [0.05, 0.1) is 23.7 Å². The summed E-state index contributed by atoms with van der Waals surface area (Å²) in [4.78, 5) is 35.5. The van der Waals surface area contributed by atoms with E-state index in [1.165, 1.54) is 25.3 Å². The zero-order chi connectivity index (χ0) is 18.1.